The van der Waals surface area contributed by atoms with Crippen LogP contribution in [-0.2, 0) is 0 Å². The first-order valence-corrected chi connectivity index (χ1v) is 6.59. The monoisotopic (exact) mass is 232 g/mol. The molecule has 1 aliphatic rings. The van der Waals surface area contributed by atoms with Crippen LogP contribution in [0.5, 0.6) is 0 Å². The number of anilines is 1. The van der Waals surface area contributed by atoms with E-state index in [9.17, 15) is 0 Å². The third kappa shape index (κ3) is 3.22. The highest BCUT2D eigenvalue weighted by molar-refractivity contribution is 5.50. The van der Waals surface area contributed by atoms with Gasteiger partial charge in [-0.3, -0.25) is 0 Å². The zero-order valence-electron chi connectivity index (χ0n) is 11.2. The summed E-state index contributed by atoms with van der Waals surface area (Å²) in [5.41, 5.74) is 9.99. The van der Waals surface area contributed by atoms with Crippen LogP contribution in [-0.4, -0.2) is 19.6 Å². The van der Waals surface area contributed by atoms with Gasteiger partial charge < -0.3 is 10.6 Å². The van der Waals surface area contributed by atoms with Crippen molar-refractivity contribution < 1.29 is 0 Å². The summed E-state index contributed by atoms with van der Waals surface area (Å²) in [5.74, 6) is 0.774. The van der Waals surface area contributed by atoms with Crippen LogP contribution in [0.2, 0.25) is 0 Å². The van der Waals surface area contributed by atoms with Gasteiger partial charge >= 0.3 is 0 Å². The van der Waals surface area contributed by atoms with Crippen LogP contribution < -0.4 is 10.6 Å². The molecule has 1 saturated carbocycles. The van der Waals surface area contributed by atoms with Crippen LogP contribution in [0.15, 0.2) is 18.2 Å². The zero-order chi connectivity index (χ0) is 12.4. The Labute approximate surface area is 105 Å². The SMILES string of the molecule is Cc1cc(C)cc(N(C)CC2CCC(N)C2)c1. The third-order valence-electron chi connectivity index (χ3n) is 3.76. The molecule has 0 aromatic heterocycles. The Balaban J connectivity index is 2.01. The molecule has 1 fully saturated rings. The standard InChI is InChI=1S/C15H24N2/c1-11-6-12(2)8-15(7-11)17(3)10-13-4-5-14(16)9-13/h6-8,13-14H,4-5,9-10,16H2,1-3H3. The second-order valence-electron chi connectivity index (χ2n) is 5.67. The molecule has 0 saturated heterocycles. The topological polar surface area (TPSA) is 29.3 Å². The van der Waals surface area contributed by atoms with Gasteiger partial charge in [-0.05, 0) is 62.3 Å². The Morgan fingerprint density at radius 2 is 1.82 bits per heavy atom. The molecule has 2 atom stereocenters. The normalized spacial score (nSPS) is 24.0. The van der Waals surface area contributed by atoms with Gasteiger partial charge in [0, 0.05) is 25.3 Å². The molecular weight excluding hydrogens is 208 g/mol. The molecule has 0 heterocycles. The van der Waals surface area contributed by atoms with Crippen LogP contribution in [0.4, 0.5) is 5.69 Å². The van der Waals surface area contributed by atoms with Crippen molar-refractivity contribution in [3.63, 3.8) is 0 Å². The van der Waals surface area contributed by atoms with Crippen molar-refractivity contribution >= 4 is 5.69 Å². The van der Waals surface area contributed by atoms with E-state index in [0.29, 0.717) is 6.04 Å². The lowest BCUT2D eigenvalue weighted by molar-refractivity contribution is 0.536. The predicted octanol–water partition coefficient (Wildman–Crippen LogP) is 2.87. The highest BCUT2D eigenvalue weighted by Crippen LogP contribution is 2.27. The predicted molar refractivity (Wildman–Crippen MR) is 74.5 cm³/mol. The summed E-state index contributed by atoms with van der Waals surface area (Å²) >= 11 is 0. The van der Waals surface area contributed by atoms with Crippen molar-refractivity contribution in [3.05, 3.63) is 29.3 Å². The summed E-state index contributed by atoms with van der Waals surface area (Å²) < 4.78 is 0. The fourth-order valence-electron chi connectivity index (χ4n) is 2.94. The first kappa shape index (κ1) is 12.4. The number of benzene rings is 1. The smallest absolute Gasteiger partial charge is 0.0369 e. The van der Waals surface area contributed by atoms with Gasteiger partial charge in [0.05, 0.1) is 0 Å². The van der Waals surface area contributed by atoms with E-state index in [4.69, 9.17) is 5.73 Å². The quantitative estimate of drug-likeness (QED) is 0.868. The largest absolute Gasteiger partial charge is 0.374 e. The highest BCUT2D eigenvalue weighted by atomic mass is 15.1. The molecule has 0 spiro atoms. The van der Waals surface area contributed by atoms with Gasteiger partial charge in [0.1, 0.15) is 0 Å². The minimum absolute atomic E-state index is 0.438. The van der Waals surface area contributed by atoms with E-state index < -0.39 is 0 Å². The lowest BCUT2D eigenvalue weighted by Gasteiger charge is -2.24. The van der Waals surface area contributed by atoms with E-state index in [0.717, 1.165) is 12.5 Å². The van der Waals surface area contributed by atoms with Crippen LogP contribution in [0, 0.1) is 19.8 Å². The van der Waals surface area contributed by atoms with Crippen LogP contribution >= 0.6 is 0 Å². The highest BCUT2D eigenvalue weighted by Gasteiger charge is 2.22. The summed E-state index contributed by atoms with van der Waals surface area (Å²) in [6, 6.07) is 7.19. The molecular formula is C15H24N2. The average Bonchev–Trinajstić information content (AvgIpc) is 2.62. The number of hydrogen-bond acceptors (Lipinski definition) is 2. The van der Waals surface area contributed by atoms with E-state index in [1.54, 1.807) is 0 Å². The summed E-state index contributed by atoms with van der Waals surface area (Å²) in [6.45, 7) is 5.46. The van der Waals surface area contributed by atoms with Crippen molar-refractivity contribution in [3.8, 4) is 0 Å². The molecule has 2 rings (SSSR count). The molecule has 0 amide bonds. The Hall–Kier alpha value is -1.02. The van der Waals surface area contributed by atoms with Crippen molar-refractivity contribution in [2.24, 2.45) is 11.7 Å². The first-order chi connectivity index (χ1) is 8.04. The minimum atomic E-state index is 0.438. The molecule has 0 aliphatic heterocycles. The Kier molecular flexibility index (Phi) is 3.72. The molecule has 0 radical (unpaired) electrons. The number of hydrogen-bond donors (Lipinski definition) is 1. The molecule has 2 unspecified atom stereocenters. The molecule has 1 aliphatic carbocycles. The Morgan fingerprint density at radius 3 is 2.35 bits per heavy atom. The van der Waals surface area contributed by atoms with Crippen molar-refractivity contribution in [2.45, 2.75) is 39.2 Å². The van der Waals surface area contributed by atoms with E-state index >= 15 is 0 Å². The summed E-state index contributed by atoms with van der Waals surface area (Å²) in [4.78, 5) is 2.38. The molecule has 1 aromatic carbocycles. The Bertz CT molecular complexity index is 366. The van der Waals surface area contributed by atoms with Gasteiger partial charge in [0.25, 0.3) is 0 Å². The van der Waals surface area contributed by atoms with Gasteiger partial charge in [-0.2, -0.15) is 0 Å². The molecule has 1 aromatic rings. The van der Waals surface area contributed by atoms with Gasteiger partial charge in [0.15, 0.2) is 0 Å². The van der Waals surface area contributed by atoms with Gasteiger partial charge in [0.2, 0.25) is 0 Å². The minimum Gasteiger partial charge on any atom is -0.374 e. The summed E-state index contributed by atoms with van der Waals surface area (Å²) in [6.07, 6.45) is 3.68. The molecule has 17 heavy (non-hydrogen) atoms. The van der Waals surface area contributed by atoms with Crippen molar-refractivity contribution in [1.29, 1.82) is 0 Å². The van der Waals surface area contributed by atoms with Crippen molar-refractivity contribution in [1.82, 2.24) is 0 Å². The summed E-state index contributed by atoms with van der Waals surface area (Å²) in [5, 5.41) is 0. The summed E-state index contributed by atoms with van der Waals surface area (Å²) in [7, 11) is 2.19. The maximum absolute atomic E-state index is 5.97. The zero-order valence-corrected chi connectivity index (χ0v) is 11.2. The fraction of sp³-hybridized carbons (Fsp3) is 0.600. The van der Waals surface area contributed by atoms with E-state index in [2.05, 4.69) is 44.0 Å². The maximum atomic E-state index is 5.97. The number of rotatable bonds is 3. The second kappa shape index (κ2) is 5.09. The van der Waals surface area contributed by atoms with E-state index in [1.165, 1.54) is 36.1 Å². The van der Waals surface area contributed by atoms with Gasteiger partial charge in [-0.1, -0.05) is 6.07 Å². The molecule has 2 heteroatoms. The second-order valence-corrected chi connectivity index (χ2v) is 5.67. The van der Waals surface area contributed by atoms with Gasteiger partial charge in [-0.15, -0.1) is 0 Å². The molecule has 0 bridgehead atoms. The molecule has 2 N–H and O–H groups in total. The number of nitrogens with two attached hydrogens (primary N) is 1. The molecule has 94 valence electrons. The van der Waals surface area contributed by atoms with Crippen LogP contribution in [0.3, 0.4) is 0 Å². The number of aryl methyl sites for hydroxylation is 2. The fourth-order valence-corrected chi connectivity index (χ4v) is 2.94. The maximum Gasteiger partial charge on any atom is 0.0369 e. The third-order valence-corrected chi connectivity index (χ3v) is 3.76. The van der Waals surface area contributed by atoms with Crippen molar-refractivity contribution in [2.75, 3.05) is 18.5 Å². The Morgan fingerprint density at radius 1 is 1.18 bits per heavy atom. The van der Waals surface area contributed by atoms with Crippen LogP contribution in [0.25, 0.3) is 0 Å². The van der Waals surface area contributed by atoms with Gasteiger partial charge in [-0.25, -0.2) is 0 Å². The van der Waals surface area contributed by atoms with E-state index in [1.807, 2.05) is 0 Å². The average molecular weight is 232 g/mol. The lowest BCUT2D eigenvalue weighted by Crippen LogP contribution is -2.25. The molecule has 2 nitrogen and oxygen atoms in total. The number of nitrogens with zero attached hydrogens (tertiary/aromatic N) is 1. The van der Waals surface area contributed by atoms with E-state index in [-0.39, 0.29) is 0 Å². The first-order valence-electron chi connectivity index (χ1n) is 6.59. The van der Waals surface area contributed by atoms with Crippen LogP contribution in [0.1, 0.15) is 30.4 Å². The lowest BCUT2D eigenvalue weighted by atomic mass is 10.1.